The molecule has 7 heavy (non-hydrogen) atoms. The number of thioether (sulfide) groups is 1. The zero-order valence-corrected chi connectivity index (χ0v) is 4.75. The number of carbonyl (C=O) groups excluding carboxylic acids is 1. The van der Waals surface area contributed by atoms with Crippen LogP contribution in [0.2, 0.25) is 0 Å². The van der Waals surface area contributed by atoms with Crippen molar-refractivity contribution in [2.75, 3.05) is 5.75 Å². The standard InChI is InChI=1S/C5H6OS/c6-5-3-1-2-4-7-5/h1-2,4H2. The molecule has 2 radical (unpaired) electrons. The normalized spacial score (nSPS) is 22.6. The quantitative estimate of drug-likeness (QED) is 0.469. The molecule has 0 aliphatic carbocycles. The molecular weight excluding hydrogens is 108 g/mol. The number of hydrogen-bond donors (Lipinski definition) is 0. The van der Waals surface area contributed by atoms with Crippen LogP contribution in [0.1, 0.15) is 12.8 Å². The summed E-state index contributed by atoms with van der Waals surface area (Å²) in [6, 6.07) is 0. The van der Waals surface area contributed by atoms with E-state index in [1.165, 1.54) is 11.8 Å². The molecule has 1 aliphatic rings. The third-order valence-electron chi connectivity index (χ3n) is 0.824. The van der Waals surface area contributed by atoms with Crippen LogP contribution in [0.15, 0.2) is 0 Å². The third kappa shape index (κ3) is 1.51. The van der Waals surface area contributed by atoms with E-state index < -0.39 is 0 Å². The molecule has 0 spiro atoms. The number of hydrogen-bond acceptors (Lipinski definition) is 2. The minimum absolute atomic E-state index is 0.131. The molecule has 0 unspecified atom stereocenters. The Balaban J connectivity index is 2.25. The fraction of sp³-hybridized carbons (Fsp3) is 0.600. The van der Waals surface area contributed by atoms with Crippen LogP contribution in [-0.2, 0) is 4.79 Å². The lowest BCUT2D eigenvalue weighted by atomic mass is 10.3. The molecule has 38 valence electrons. The maximum absolute atomic E-state index is 10.3. The number of rotatable bonds is 0. The van der Waals surface area contributed by atoms with Crippen LogP contribution in [-0.4, -0.2) is 10.9 Å². The van der Waals surface area contributed by atoms with Gasteiger partial charge in [0.2, 0.25) is 0 Å². The number of carbonyl (C=O) groups is 1. The minimum atomic E-state index is 0.131. The molecular formula is C5H6OS. The summed E-state index contributed by atoms with van der Waals surface area (Å²) in [5, 5.41) is 0.131. The molecule has 0 aromatic heterocycles. The Morgan fingerprint density at radius 1 is 1.71 bits per heavy atom. The van der Waals surface area contributed by atoms with Gasteiger partial charge in [0.1, 0.15) is 0 Å². The van der Waals surface area contributed by atoms with Crippen LogP contribution in [0.25, 0.3) is 0 Å². The molecule has 0 aromatic rings. The first-order valence-corrected chi connectivity index (χ1v) is 3.29. The Hall–Kier alpha value is 0.0200. The van der Waals surface area contributed by atoms with Crippen molar-refractivity contribution in [1.82, 2.24) is 0 Å². The van der Waals surface area contributed by atoms with Crippen molar-refractivity contribution in [3.63, 3.8) is 0 Å². The average molecular weight is 114 g/mol. The predicted octanol–water partition coefficient (Wildman–Crippen LogP) is 1.12. The van der Waals surface area contributed by atoms with Gasteiger partial charge in [-0.15, -0.1) is 0 Å². The van der Waals surface area contributed by atoms with Crippen molar-refractivity contribution in [3.05, 3.63) is 6.42 Å². The third-order valence-corrected chi connectivity index (χ3v) is 1.72. The van der Waals surface area contributed by atoms with Crippen LogP contribution in [0.5, 0.6) is 0 Å². The van der Waals surface area contributed by atoms with E-state index in [2.05, 4.69) is 6.42 Å². The van der Waals surface area contributed by atoms with Crippen molar-refractivity contribution < 1.29 is 4.79 Å². The monoisotopic (exact) mass is 114 g/mol. The van der Waals surface area contributed by atoms with Crippen molar-refractivity contribution in [1.29, 1.82) is 0 Å². The van der Waals surface area contributed by atoms with E-state index >= 15 is 0 Å². The zero-order chi connectivity index (χ0) is 5.11. The molecule has 0 amide bonds. The van der Waals surface area contributed by atoms with Crippen LogP contribution in [0, 0.1) is 6.42 Å². The van der Waals surface area contributed by atoms with Crippen LogP contribution >= 0.6 is 11.8 Å². The lowest BCUT2D eigenvalue weighted by molar-refractivity contribution is -0.108. The molecule has 1 nitrogen and oxygen atoms in total. The first-order chi connectivity index (χ1) is 3.39. The predicted molar refractivity (Wildman–Crippen MR) is 29.9 cm³/mol. The van der Waals surface area contributed by atoms with Gasteiger partial charge in [-0.1, -0.05) is 11.8 Å². The van der Waals surface area contributed by atoms with Crippen molar-refractivity contribution in [2.45, 2.75) is 12.8 Å². The van der Waals surface area contributed by atoms with E-state index in [-0.39, 0.29) is 5.12 Å². The molecule has 0 atom stereocenters. The highest BCUT2D eigenvalue weighted by atomic mass is 32.2. The molecule has 2 heteroatoms. The lowest BCUT2D eigenvalue weighted by Crippen LogP contribution is -2.00. The SMILES string of the molecule is O=C1[C]CCCS1. The Morgan fingerprint density at radius 3 is 2.86 bits per heavy atom. The smallest absolute Gasteiger partial charge is 0.197 e. The van der Waals surface area contributed by atoms with Gasteiger partial charge < -0.3 is 0 Å². The van der Waals surface area contributed by atoms with E-state index in [1.807, 2.05) is 0 Å². The molecule has 0 saturated carbocycles. The van der Waals surface area contributed by atoms with Gasteiger partial charge in [0.25, 0.3) is 0 Å². The van der Waals surface area contributed by atoms with Gasteiger partial charge in [0.05, 0.1) is 6.42 Å². The van der Waals surface area contributed by atoms with E-state index in [0.29, 0.717) is 0 Å². The largest absolute Gasteiger partial charge is 0.287 e. The molecule has 1 heterocycles. The summed E-state index contributed by atoms with van der Waals surface area (Å²) in [5.74, 6) is 0.992. The highest BCUT2D eigenvalue weighted by Crippen LogP contribution is 2.16. The lowest BCUT2D eigenvalue weighted by Gasteiger charge is -2.03. The fourth-order valence-electron chi connectivity index (χ4n) is 0.479. The van der Waals surface area contributed by atoms with Gasteiger partial charge in [-0.2, -0.15) is 0 Å². The van der Waals surface area contributed by atoms with Gasteiger partial charge in [-0.05, 0) is 12.8 Å². The van der Waals surface area contributed by atoms with Crippen molar-refractivity contribution >= 4 is 16.9 Å². The summed E-state index contributed by atoms with van der Waals surface area (Å²) in [6.07, 6.45) is 4.69. The Kier molecular flexibility index (Phi) is 1.74. The molecule has 0 bridgehead atoms. The van der Waals surface area contributed by atoms with Gasteiger partial charge in [0, 0.05) is 5.75 Å². The molecule has 1 saturated heterocycles. The van der Waals surface area contributed by atoms with Crippen LogP contribution in [0.3, 0.4) is 0 Å². The van der Waals surface area contributed by atoms with Crippen LogP contribution in [0.4, 0.5) is 0 Å². The first kappa shape index (κ1) is 5.16. The summed E-state index contributed by atoms with van der Waals surface area (Å²) in [6.45, 7) is 0. The van der Waals surface area contributed by atoms with E-state index in [0.717, 1.165) is 18.6 Å². The highest BCUT2D eigenvalue weighted by Gasteiger charge is 2.07. The maximum atomic E-state index is 10.3. The van der Waals surface area contributed by atoms with E-state index in [4.69, 9.17) is 0 Å². The Morgan fingerprint density at radius 2 is 2.57 bits per heavy atom. The second kappa shape index (κ2) is 2.36. The first-order valence-electron chi connectivity index (χ1n) is 2.30. The summed E-state index contributed by atoms with van der Waals surface area (Å²) < 4.78 is 0. The molecule has 1 rings (SSSR count). The van der Waals surface area contributed by atoms with Crippen LogP contribution < -0.4 is 0 Å². The van der Waals surface area contributed by atoms with Crippen molar-refractivity contribution in [3.8, 4) is 0 Å². The zero-order valence-electron chi connectivity index (χ0n) is 3.94. The van der Waals surface area contributed by atoms with Gasteiger partial charge in [-0.25, -0.2) is 0 Å². The second-order valence-corrected chi connectivity index (χ2v) is 2.48. The van der Waals surface area contributed by atoms with Gasteiger partial charge in [-0.3, -0.25) is 4.79 Å². The van der Waals surface area contributed by atoms with E-state index in [9.17, 15) is 4.79 Å². The second-order valence-electron chi connectivity index (χ2n) is 1.42. The Labute approximate surface area is 47.5 Å². The van der Waals surface area contributed by atoms with Gasteiger partial charge >= 0.3 is 0 Å². The van der Waals surface area contributed by atoms with E-state index in [1.54, 1.807) is 0 Å². The summed E-state index contributed by atoms with van der Waals surface area (Å²) in [5.41, 5.74) is 0. The Bertz CT molecular complexity index is 72.1. The molecule has 0 aromatic carbocycles. The summed E-state index contributed by atoms with van der Waals surface area (Å²) in [4.78, 5) is 10.3. The average Bonchev–Trinajstić information content (AvgIpc) is 1.69. The molecule has 0 N–H and O–H groups in total. The minimum Gasteiger partial charge on any atom is -0.287 e. The maximum Gasteiger partial charge on any atom is 0.197 e. The topological polar surface area (TPSA) is 17.1 Å². The summed E-state index contributed by atoms with van der Waals surface area (Å²) in [7, 11) is 0. The van der Waals surface area contributed by atoms with Crippen molar-refractivity contribution in [2.24, 2.45) is 0 Å². The summed E-state index contributed by atoms with van der Waals surface area (Å²) >= 11 is 1.37. The highest BCUT2D eigenvalue weighted by molar-refractivity contribution is 8.14. The fourth-order valence-corrected chi connectivity index (χ4v) is 1.16. The van der Waals surface area contributed by atoms with Gasteiger partial charge in [0.15, 0.2) is 5.12 Å². The molecule has 1 fully saturated rings. The molecule has 1 aliphatic heterocycles.